The van der Waals surface area contributed by atoms with Crippen molar-refractivity contribution in [2.24, 2.45) is 5.73 Å². The van der Waals surface area contributed by atoms with Crippen LogP contribution in [-0.4, -0.2) is 78.6 Å². The first-order chi connectivity index (χ1) is 9.14. The molecule has 110 valence electrons. The minimum absolute atomic E-state index is 0.248. The molecule has 3 atom stereocenters. The van der Waals surface area contributed by atoms with Gasteiger partial charge >= 0.3 is 0 Å². The molecule has 4 nitrogen and oxygen atoms in total. The number of hydrogen-bond donors (Lipinski definition) is 1. The Morgan fingerprint density at radius 2 is 2.05 bits per heavy atom. The van der Waals surface area contributed by atoms with Gasteiger partial charge in [0.05, 0.1) is 0 Å². The van der Waals surface area contributed by atoms with E-state index in [0.717, 1.165) is 19.1 Å². The molecule has 0 aromatic heterocycles. The first-order valence-corrected chi connectivity index (χ1v) is 8.04. The number of nitrogens with zero attached hydrogens (tertiary/aromatic N) is 3. The Labute approximate surface area is 117 Å². The average molecular weight is 266 g/mol. The standard InChI is InChI=1S/C15H30N4/c1-13-9-18-7-4-3-5-14(18)10-19(13)15(11-16)6-8-17(2)12-15/h13-14H,3-12,16H2,1-2H3. The minimum Gasteiger partial charge on any atom is -0.329 e. The Morgan fingerprint density at radius 1 is 1.21 bits per heavy atom. The zero-order chi connectivity index (χ0) is 13.5. The van der Waals surface area contributed by atoms with Gasteiger partial charge in [0.15, 0.2) is 0 Å². The van der Waals surface area contributed by atoms with E-state index < -0.39 is 0 Å². The Kier molecular flexibility index (Phi) is 3.87. The third-order valence-electron chi connectivity index (χ3n) is 5.70. The van der Waals surface area contributed by atoms with Gasteiger partial charge in [-0.3, -0.25) is 9.80 Å². The predicted octanol–water partition coefficient (Wildman–Crippen LogP) is 0.578. The van der Waals surface area contributed by atoms with Crippen LogP contribution in [0.2, 0.25) is 0 Å². The number of fused-ring (bicyclic) bond motifs is 1. The fourth-order valence-corrected chi connectivity index (χ4v) is 4.59. The summed E-state index contributed by atoms with van der Waals surface area (Å²) in [6, 6.07) is 1.45. The van der Waals surface area contributed by atoms with Crippen molar-refractivity contribution in [3.8, 4) is 0 Å². The van der Waals surface area contributed by atoms with Gasteiger partial charge in [-0.1, -0.05) is 6.42 Å². The number of piperidine rings is 1. The SMILES string of the molecule is CC1CN2CCCCC2CN1C1(CN)CCN(C)C1. The van der Waals surface area contributed by atoms with Crippen LogP contribution in [0.15, 0.2) is 0 Å². The highest BCUT2D eigenvalue weighted by molar-refractivity contribution is 5.04. The fourth-order valence-electron chi connectivity index (χ4n) is 4.59. The van der Waals surface area contributed by atoms with Gasteiger partial charge in [0.2, 0.25) is 0 Å². The molecular formula is C15H30N4. The van der Waals surface area contributed by atoms with Crippen molar-refractivity contribution in [1.82, 2.24) is 14.7 Å². The molecule has 2 N–H and O–H groups in total. The van der Waals surface area contributed by atoms with Gasteiger partial charge in [0.1, 0.15) is 0 Å². The van der Waals surface area contributed by atoms with E-state index in [2.05, 4.69) is 28.7 Å². The van der Waals surface area contributed by atoms with Crippen molar-refractivity contribution in [2.75, 3.05) is 46.3 Å². The van der Waals surface area contributed by atoms with E-state index in [9.17, 15) is 0 Å². The summed E-state index contributed by atoms with van der Waals surface area (Å²) >= 11 is 0. The quantitative estimate of drug-likeness (QED) is 0.793. The molecule has 3 aliphatic heterocycles. The molecule has 0 amide bonds. The fraction of sp³-hybridized carbons (Fsp3) is 1.00. The maximum absolute atomic E-state index is 6.21. The molecule has 3 fully saturated rings. The summed E-state index contributed by atoms with van der Waals surface area (Å²) in [6.07, 6.45) is 5.45. The molecule has 3 aliphatic rings. The molecule has 3 saturated heterocycles. The highest BCUT2D eigenvalue weighted by Gasteiger charge is 2.46. The van der Waals surface area contributed by atoms with Gasteiger partial charge in [-0.2, -0.15) is 0 Å². The summed E-state index contributed by atoms with van der Waals surface area (Å²) in [5, 5.41) is 0. The lowest BCUT2D eigenvalue weighted by Gasteiger charge is -2.53. The van der Waals surface area contributed by atoms with Crippen LogP contribution in [0.1, 0.15) is 32.6 Å². The van der Waals surface area contributed by atoms with E-state index in [1.54, 1.807) is 0 Å². The number of hydrogen-bond acceptors (Lipinski definition) is 4. The van der Waals surface area contributed by atoms with E-state index in [0.29, 0.717) is 6.04 Å². The van der Waals surface area contributed by atoms with Crippen LogP contribution in [0, 0.1) is 0 Å². The summed E-state index contributed by atoms with van der Waals surface area (Å²) in [7, 11) is 2.24. The average Bonchev–Trinajstić information content (AvgIpc) is 2.80. The third kappa shape index (κ3) is 2.44. The smallest absolute Gasteiger partial charge is 0.0474 e. The molecule has 3 rings (SSSR count). The molecule has 0 aromatic carbocycles. The Hall–Kier alpha value is -0.160. The Balaban J connectivity index is 1.76. The second-order valence-corrected chi connectivity index (χ2v) is 7.06. The molecule has 3 unspecified atom stereocenters. The van der Waals surface area contributed by atoms with Gasteiger partial charge in [-0.15, -0.1) is 0 Å². The van der Waals surface area contributed by atoms with Crippen molar-refractivity contribution < 1.29 is 0 Å². The summed E-state index contributed by atoms with van der Waals surface area (Å²) in [5.74, 6) is 0. The molecule has 0 saturated carbocycles. The lowest BCUT2D eigenvalue weighted by molar-refractivity contribution is -0.0409. The number of rotatable bonds is 2. The van der Waals surface area contributed by atoms with Crippen LogP contribution < -0.4 is 5.73 Å². The van der Waals surface area contributed by atoms with Crippen LogP contribution >= 0.6 is 0 Å². The van der Waals surface area contributed by atoms with Crippen LogP contribution in [0.3, 0.4) is 0 Å². The number of nitrogens with two attached hydrogens (primary N) is 1. The monoisotopic (exact) mass is 266 g/mol. The topological polar surface area (TPSA) is 35.7 Å². The van der Waals surface area contributed by atoms with Gasteiger partial charge in [-0.25, -0.2) is 0 Å². The summed E-state index contributed by atoms with van der Waals surface area (Å²) in [6.45, 7) is 9.38. The van der Waals surface area contributed by atoms with Crippen LogP contribution in [0.25, 0.3) is 0 Å². The maximum atomic E-state index is 6.21. The van der Waals surface area contributed by atoms with Crippen LogP contribution in [0.4, 0.5) is 0 Å². The van der Waals surface area contributed by atoms with Crippen LogP contribution in [0.5, 0.6) is 0 Å². The second kappa shape index (κ2) is 5.32. The van der Waals surface area contributed by atoms with Gasteiger partial charge < -0.3 is 10.6 Å². The highest BCUT2D eigenvalue weighted by Crippen LogP contribution is 2.33. The van der Waals surface area contributed by atoms with Crippen molar-refractivity contribution >= 4 is 0 Å². The maximum Gasteiger partial charge on any atom is 0.0474 e. The summed E-state index contributed by atoms with van der Waals surface area (Å²) < 4.78 is 0. The molecular weight excluding hydrogens is 236 g/mol. The Morgan fingerprint density at radius 3 is 2.74 bits per heavy atom. The summed E-state index contributed by atoms with van der Waals surface area (Å²) in [5.41, 5.74) is 6.46. The van der Waals surface area contributed by atoms with Crippen molar-refractivity contribution in [3.05, 3.63) is 0 Å². The van der Waals surface area contributed by atoms with Crippen LogP contribution in [-0.2, 0) is 0 Å². The molecule has 0 radical (unpaired) electrons. The van der Waals surface area contributed by atoms with Gasteiger partial charge in [0, 0.05) is 43.8 Å². The number of likely N-dealkylation sites (N-methyl/N-ethyl adjacent to an activating group) is 1. The van der Waals surface area contributed by atoms with Crippen molar-refractivity contribution in [1.29, 1.82) is 0 Å². The molecule has 19 heavy (non-hydrogen) atoms. The molecule has 3 heterocycles. The predicted molar refractivity (Wildman–Crippen MR) is 79.3 cm³/mol. The van der Waals surface area contributed by atoms with E-state index >= 15 is 0 Å². The molecule has 0 aromatic rings. The normalized spacial score (nSPS) is 42.5. The first-order valence-electron chi connectivity index (χ1n) is 8.04. The van der Waals surface area contributed by atoms with Crippen molar-refractivity contribution in [3.63, 3.8) is 0 Å². The van der Waals surface area contributed by atoms with E-state index in [-0.39, 0.29) is 5.54 Å². The van der Waals surface area contributed by atoms with E-state index in [4.69, 9.17) is 5.73 Å². The second-order valence-electron chi connectivity index (χ2n) is 7.06. The lowest BCUT2D eigenvalue weighted by Crippen LogP contribution is -2.67. The molecule has 4 heteroatoms. The molecule has 0 aliphatic carbocycles. The Bertz CT molecular complexity index is 321. The van der Waals surface area contributed by atoms with Crippen molar-refractivity contribution in [2.45, 2.75) is 50.2 Å². The molecule has 0 spiro atoms. The number of piperazine rings is 1. The zero-order valence-electron chi connectivity index (χ0n) is 12.6. The van der Waals surface area contributed by atoms with E-state index in [1.165, 1.54) is 51.9 Å². The van der Waals surface area contributed by atoms with Gasteiger partial charge in [-0.05, 0) is 46.3 Å². The molecule has 0 bridgehead atoms. The summed E-state index contributed by atoms with van der Waals surface area (Å²) in [4.78, 5) is 7.95. The first kappa shape index (κ1) is 13.8. The van der Waals surface area contributed by atoms with Gasteiger partial charge in [0.25, 0.3) is 0 Å². The highest BCUT2D eigenvalue weighted by atomic mass is 15.4. The number of likely N-dealkylation sites (tertiary alicyclic amines) is 1. The minimum atomic E-state index is 0.248. The lowest BCUT2D eigenvalue weighted by atomic mass is 9.89. The van der Waals surface area contributed by atoms with E-state index in [1.807, 2.05) is 0 Å². The largest absolute Gasteiger partial charge is 0.329 e. The zero-order valence-corrected chi connectivity index (χ0v) is 12.6. The third-order valence-corrected chi connectivity index (χ3v) is 5.70.